The van der Waals surface area contributed by atoms with E-state index in [1.807, 2.05) is 0 Å². The number of carboxylic acids is 1. The number of nitrogens with zero attached hydrogens (tertiary/aromatic N) is 3. The summed E-state index contributed by atoms with van der Waals surface area (Å²) in [6.07, 6.45) is 0.983. The summed E-state index contributed by atoms with van der Waals surface area (Å²) in [5.41, 5.74) is 0. The molecule has 6 heteroatoms. The maximum atomic E-state index is 10.6. The van der Waals surface area contributed by atoms with Crippen LogP contribution in [0.4, 0.5) is 0 Å². The summed E-state index contributed by atoms with van der Waals surface area (Å²) in [4.78, 5) is 10.6. The van der Waals surface area contributed by atoms with Crippen LogP contribution in [-0.2, 0) is 11.3 Å². The van der Waals surface area contributed by atoms with E-state index in [0.29, 0.717) is 17.0 Å². The summed E-state index contributed by atoms with van der Waals surface area (Å²) >= 11 is 1.23. The third-order valence-electron chi connectivity index (χ3n) is 2.92. The first-order chi connectivity index (χ1) is 8.47. The average molecular weight is 271 g/mol. The summed E-state index contributed by atoms with van der Waals surface area (Å²) in [7, 11) is 0. The van der Waals surface area contributed by atoms with Crippen LogP contribution in [-0.4, -0.2) is 31.6 Å². The van der Waals surface area contributed by atoms with Crippen LogP contribution in [0.3, 0.4) is 0 Å². The maximum Gasteiger partial charge on any atom is 0.313 e. The largest absolute Gasteiger partial charge is 0.481 e. The van der Waals surface area contributed by atoms with Crippen molar-refractivity contribution in [2.75, 3.05) is 5.75 Å². The van der Waals surface area contributed by atoms with Crippen molar-refractivity contribution in [2.45, 2.75) is 51.7 Å². The molecule has 0 bridgehead atoms. The predicted octanol–water partition coefficient (Wildman–Crippen LogP) is 2.62. The number of thioether (sulfide) groups is 1. The van der Waals surface area contributed by atoms with Gasteiger partial charge in [-0.05, 0) is 12.3 Å². The van der Waals surface area contributed by atoms with E-state index in [1.165, 1.54) is 11.8 Å². The molecule has 0 aliphatic carbocycles. The van der Waals surface area contributed by atoms with Crippen LogP contribution in [0.15, 0.2) is 5.16 Å². The number of carbonyl (C=O) groups is 1. The number of hydrogen-bond donors (Lipinski definition) is 1. The summed E-state index contributed by atoms with van der Waals surface area (Å²) in [5.74, 6) is 0.965. The predicted molar refractivity (Wildman–Crippen MR) is 71.9 cm³/mol. The topological polar surface area (TPSA) is 68.0 Å². The smallest absolute Gasteiger partial charge is 0.313 e. The highest BCUT2D eigenvalue weighted by Gasteiger charge is 2.20. The molecule has 0 saturated heterocycles. The van der Waals surface area contributed by atoms with Crippen LogP contribution in [0.1, 0.15) is 45.9 Å². The lowest BCUT2D eigenvalue weighted by atomic mass is 9.97. The third-order valence-corrected chi connectivity index (χ3v) is 3.88. The molecule has 102 valence electrons. The fourth-order valence-electron chi connectivity index (χ4n) is 1.60. The van der Waals surface area contributed by atoms with Gasteiger partial charge >= 0.3 is 5.97 Å². The highest BCUT2D eigenvalue weighted by atomic mass is 32.2. The third kappa shape index (κ3) is 3.73. The van der Waals surface area contributed by atoms with Gasteiger partial charge in [-0.2, -0.15) is 0 Å². The minimum Gasteiger partial charge on any atom is -0.481 e. The lowest BCUT2D eigenvalue weighted by Crippen LogP contribution is -2.12. The van der Waals surface area contributed by atoms with Crippen LogP contribution in [0, 0.1) is 5.92 Å². The number of carboxylic acid groups (broad SMARTS) is 1. The van der Waals surface area contributed by atoms with Crippen molar-refractivity contribution in [3.8, 4) is 0 Å². The van der Waals surface area contributed by atoms with Gasteiger partial charge in [0.05, 0.1) is 5.75 Å². The van der Waals surface area contributed by atoms with Crippen LogP contribution in [0.25, 0.3) is 0 Å². The van der Waals surface area contributed by atoms with Crippen LogP contribution in [0.2, 0.25) is 0 Å². The van der Waals surface area contributed by atoms with Gasteiger partial charge in [0, 0.05) is 12.5 Å². The lowest BCUT2D eigenvalue weighted by molar-refractivity contribution is -0.133. The zero-order valence-electron chi connectivity index (χ0n) is 11.4. The second-order valence-corrected chi connectivity index (χ2v) is 5.65. The quantitative estimate of drug-likeness (QED) is 0.772. The molecule has 0 fully saturated rings. The van der Waals surface area contributed by atoms with Gasteiger partial charge in [0.1, 0.15) is 5.82 Å². The Kier molecular flexibility index (Phi) is 5.65. The lowest BCUT2D eigenvalue weighted by Gasteiger charge is -2.16. The van der Waals surface area contributed by atoms with Gasteiger partial charge in [-0.25, -0.2) is 0 Å². The number of rotatable bonds is 7. The van der Waals surface area contributed by atoms with Gasteiger partial charge in [-0.3, -0.25) is 4.79 Å². The first-order valence-corrected chi connectivity index (χ1v) is 7.23. The van der Waals surface area contributed by atoms with E-state index in [2.05, 4.69) is 42.5 Å². The van der Waals surface area contributed by atoms with Gasteiger partial charge in [-0.1, -0.05) is 39.5 Å². The van der Waals surface area contributed by atoms with E-state index >= 15 is 0 Å². The molecular weight excluding hydrogens is 250 g/mol. The highest BCUT2D eigenvalue weighted by molar-refractivity contribution is 7.99. The Bertz CT molecular complexity index is 404. The molecule has 1 atom stereocenters. The van der Waals surface area contributed by atoms with Crippen LogP contribution < -0.4 is 0 Å². The van der Waals surface area contributed by atoms with Crippen molar-refractivity contribution in [3.63, 3.8) is 0 Å². The van der Waals surface area contributed by atoms with Crippen molar-refractivity contribution < 1.29 is 9.90 Å². The molecule has 0 aliphatic rings. The minimum absolute atomic E-state index is 0.0257. The molecule has 1 heterocycles. The maximum absolute atomic E-state index is 10.6. The zero-order chi connectivity index (χ0) is 13.7. The first-order valence-electron chi connectivity index (χ1n) is 6.25. The standard InChI is InChI=1S/C12H21N3O2S/c1-5-6-15-11(9(4)8(2)3)13-14-12(15)18-7-10(16)17/h8-9H,5-7H2,1-4H3,(H,16,17). The van der Waals surface area contributed by atoms with E-state index in [0.717, 1.165) is 18.8 Å². The molecule has 1 rings (SSSR count). The molecule has 1 N–H and O–H groups in total. The van der Waals surface area contributed by atoms with Crippen LogP contribution >= 0.6 is 11.8 Å². The van der Waals surface area contributed by atoms with Crippen molar-refractivity contribution in [1.29, 1.82) is 0 Å². The highest BCUT2D eigenvalue weighted by Crippen LogP contribution is 2.26. The molecule has 5 nitrogen and oxygen atoms in total. The van der Waals surface area contributed by atoms with Gasteiger partial charge in [-0.15, -0.1) is 10.2 Å². The van der Waals surface area contributed by atoms with E-state index < -0.39 is 5.97 Å². The van der Waals surface area contributed by atoms with Gasteiger partial charge in [0.15, 0.2) is 5.16 Å². The number of aromatic nitrogens is 3. The molecule has 0 radical (unpaired) electrons. The molecule has 0 amide bonds. The second-order valence-electron chi connectivity index (χ2n) is 4.71. The van der Waals surface area contributed by atoms with E-state index in [9.17, 15) is 4.79 Å². The van der Waals surface area contributed by atoms with Crippen molar-refractivity contribution in [3.05, 3.63) is 5.82 Å². The average Bonchev–Trinajstić information content (AvgIpc) is 2.69. The Labute approximate surface area is 112 Å². The second kappa shape index (κ2) is 6.78. The van der Waals surface area contributed by atoms with E-state index in [-0.39, 0.29) is 5.75 Å². The van der Waals surface area contributed by atoms with Gasteiger partial charge in [0.25, 0.3) is 0 Å². The fraction of sp³-hybridized carbons (Fsp3) is 0.750. The van der Waals surface area contributed by atoms with E-state index in [1.54, 1.807) is 0 Å². The molecule has 0 aromatic carbocycles. The fourth-order valence-corrected chi connectivity index (χ4v) is 2.29. The van der Waals surface area contributed by atoms with Gasteiger partial charge < -0.3 is 9.67 Å². The van der Waals surface area contributed by atoms with Crippen molar-refractivity contribution >= 4 is 17.7 Å². The first kappa shape index (κ1) is 15.0. The monoisotopic (exact) mass is 271 g/mol. The molecule has 1 unspecified atom stereocenters. The SMILES string of the molecule is CCCn1c(SCC(=O)O)nnc1C(C)C(C)C. The van der Waals surface area contributed by atoms with Gasteiger partial charge in [0.2, 0.25) is 0 Å². The summed E-state index contributed by atoms with van der Waals surface area (Å²) < 4.78 is 2.05. The molecule has 0 aliphatic heterocycles. The van der Waals surface area contributed by atoms with E-state index in [4.69, 9.17) is 5.11 Å². The van der Waals surface area contributed by atoms with Crippen molar-refractivity contribution in [1.82, 2.24) is 14.8 Å². The Morgan fingerprint density at radius 2 is 2.06 bits per heavy atom. The molecular formula is C12H21N3O2S. The number of aliphatic carboxylic acids is 1. The molecule has 1 aromatic heterocycles. The Balaban J connectivity index is 2.94. The molecule has 0 spiro atoms. The minimum atomic E-state index is -0.829. The zero-order valence-corrected chi connectivity index (χ0v) is 12.2. The Morgan fingerprint density at radius 3 is 2.56 bits per heavy atom. The molecule has 18 heavy (non-hydrogen) atoms. The summed E-state index contributed by atoms with van der Waals surface area (Å²) in [6, 6.07) is 0. The Hall–Kier alpha value is -1.04. The van der Waals surface area contributed by atoms with Crippen molar-refractivity contribution in [2.24, 2.45) is 5.92 Å². The number of hydrogen-bond acceptors (Lipinski definition) is 4. The Morgan fingerprint density at radius 1 is 1.39 bits per heavy atom. The molecule has 0 saturated carbocycles. The summed E-state index contributed by atoms with van der Waals surface area (Å²) in [6.45, 7) is 9.36. The molecule has 1 aromatic rings. The summed E-state index contributed by atoms with van der Waals surface area (Å²) in [5, 5.41) is 17.8. The normalized spacial score (nSPS) is 12.9. The van der Waals surface area contributed by atoms with Crippen LogP contribution in [0.5, 0.6) is 0 Å².